The normalized spacial score (nSPS) is 16.7. The molecular formula is C17H30Cl2N2O. The Morgan fingerprint density at radius 2 is 1.77 bits per heavy atom. The molecule has 0 aromatic heterocycles. The molecule has 1 atom stereocenters. The van der Waals surface area contributed by atoms with Crippen molar-refractivity contribution in [3.63, 3.8) is 0 Å². The first kappa shape index (κ1) is 21.5. The van der Waals surface area contributed by atoms with Crippen molar-refractivity contribution in [2.24, 2.45) is 5.92 Å². The maximum absolute atomic E-state index is 10.4. The topological polar surface area (TPSA) is 35.5 Å². The number of piperazine rings is 1. The lowest BCUT2D eigenvalue weighted by molar-refractivity contribution is 0.157. The molecule has 0 aliphatic carbocycles. The Bertz CT molecular complexity index is 435. The number of para-hydroxylation sites is 1. The molecule has 0 saturated carbocycles. The van der Waals surface area contributed by atoms with Gasteiger partial charge in [0.15, 0.2) is 0 Å². The van der Waals surface area contributed by atoms with Crippen LogP contribution in [0.2, 0.25) is 0 Å². The van der Waals surface area contributed by atoms with Crippen molar-refractivity contribution in [3.8, 4) is 5.75 Å². The van der Waals surface area contributed by atoms with Crippen molar-refractivity contribution in [1.29, 1.82) is 0 Å². The van der Waals surface area contributed by atoms with Crippen molar-refractivity contribution in [2.45, 2.75) is 39.7 Å². The highest BCUT2D eigenvalue weighted by molar-refractivity contribution is 5.85. The largest absolute Gasteiger partial charge is 0.507 e. The fourth-order valence-corrected chi connectivity index (χ4v) is 2.97. The van der Waals surface area contributed by atoms with E-state index in [9.17, 15) is 5.11 Å². The quantitative estimate of drug-likeness (QED) is 0.846. The minimum atomic E-state index is 0. The van der Waals surface area contributed by atoms with Crippen LogP contribution in [-0.2, 0) is 0 Å². The van der Waals surface area contributed by atoms with Gasteiger partial charge in [0.25, 0.3) is 0 Å². The number of phenolic OH excluding ortho intramolecular Hbond substituents is 1. The van der Waals surface area contributed by atoms with Gasteiger partial charge in [-0.2, -0.15) is 0 Å². The second kappa shape index (κ2) is 10.3. The molecule has 1 aliphatic heterocycles. The van der Waals surface area contributed by atoms with Crippen LogP contribution in [-0.4, -0.2) is 36.2 Å². The van der Waals surface area contributed by atoms with Gasteiger partial charge in [-0.1, -0.05) is 32.0 Å². The third-order valence-corrected chi connectivity index (χ3v) is 4.24. The third-order valence-electron chi connectivity index (χ3n) is 4.24. The summed E-state index contributed by atoms with van der Waals surface area (Å²) < 4.78 is 0. The maximum atomic E-state index is 10.4. The van der Waals surface area contributed by atoms with Gasteiger partial charge in [0.2, 0.25) is 0 Å². The van der Waals surface area contributed by atoms with Gasteiger partial charge in [0, 0.05) is 37.8 Å². The summed E-state index contributed by atoms with van der Waals surface area (Å²) in [5.41, 5.74) is 2.08. The summed E-state index contributed by atoms with van der Waals surface area (Å²) in [4.78, 5) is 2.52. The van der Waals surface area contributed by atoms with Gasteiger partial charge in [0.1, 0.15) is 5.75 Å². The Morgan fingerprint density at radius 1 is 1.14 bits per heavy atom. The molecule has 1 aromatic rings. The SMILES string of the molecule is Cc1cccc([C@@H](CCC(C)C)N2CCNCC2)c1O.Cl.Cl. The lowest BCUT2D eigenvalue weighted by atomic mass is 9.94. The maximum Gasteiger partial charge on any atom is 0.123 e. The van der Waals surface area contributed by atoms with Gasteiger partial charge in [-0.05, 0) is 31.2 Å². The van der Waals surface area contributed by atoms with Crippen LogP contribution in [0.4, 0.5) is 0 Å². The van der Waals surface area contributed by atoms with E-state index in [4.69, 9.17) is 0 Å². The van der Waals surface area contributed by atoms with Gasteiger partial charge in [-0.15, -0.1) is 24.8 Å². The van der Waals surface area contributed by atoms with E-state index in [1.807, 2.05) is 13.0 Å². The molecule has 0 unspecified atom stereocenters. The number of aryl methyl sites for hydroxylation is 1. The summed E-state index contributed by atoms with van der Waals surface area (Å²) in [6.07, 6.45) is 2.32. The molecule has 128 valence electrons. The second-order valence-corrected chi connectivity index (χ2v) is 6.29. The molecule has 1 fully saturated rings. The third kappa shape index (κ3) is 5.62. The van der Waals surface area contributed by atoms with Crippen molar-refractivity contribution in [3.05, 3.63) is 29.3 Å². The Labute approximate surface area is 147 Å². The number of nitrogens with zero attached hydrogens (tertiary/aromatic N) is 1. The van der Waals surface area contributed by atoms with Gasteiger partial charge in [0.05, 0.1) is 0 Å². The summed E-state index contributed by atoms with van der Waals surface area (Å²) in [6.45, 7) is 10.7. The summed E-state index contributed by atoms with van der Waals surface area (Å²) in [6, 6.07) is 6.49. The number of hydrogen-bond acceptors (Lipinski definition) is 3. The smallest absolute Gasteiger partial charge is 0.123 e. The highest BCUT2D eigenvalue weighted by atomic mass is 35.5. The lowest BCUT2D eigenvalue weighted by Gasteiger charge is -2.36. The zero-order chi connectivity index (χ0) is 14.5. The van der Waals surface area contributed by atoms with Crippen LogP contribution in [0.1, 0.15) is 43.9 Å². The molecule has 3 nitrogen and oxygen atoms in total. The van der Waals surface area contributed by atoms with Crippen molar-refractivity contribution < 1.29 is 5.11 Å². The Balaban J connectivity index is 0.00000220. The van der Waals surface area contributed by atoms with Crippen LogP contribution in [0.25, 0.3) is 0 Å². The lowest BCUT2D eigenvalue weighted by Crippen LogP contribution is -2.45. The van der Waals surface area contributed by atoms with Gasteiger partial charge in [-0.3, -0.25) is 4.90 Å². The molecule has 0 spiro atoms. The first-order valence-corrected chi connectivity index (χ1v) is 7.83. The van der Waals surface area contributed by atoms with Crippen LogP contribution in [0.15, 0.2) is 18.2 Å². The average Bonchev–Trinajstić information content (AvgIpc) is 2.44. The summed E-state index contributed by atoms with van der Waals surface area (Å²) in [7, 11) is 0. The van der Waals surface area contributed by atoms with Gasteiger partial charge in [-0.25, -0.2) is 0 Å². The van der Waals surface area contributed by atoms with Crippen LogP contribution in [0.5, 0.6) is 5.75 Å². The van der Waals surface area contributed by atoms with Crippen LogP contribution in [0.3, 0.4) is 0 Å². The number of hydrogen-bond donors (Lipinski definition) is 2. The molecule has 0 radical (unpaired) electrons. The summed E-state index contributed by atoms with van der Waals surface area (Å²) in [5.74, 6) is 1.19. The molecule has 1 saturated heterocycles. The van der Waals surface area contributed by atoms with Crippen molar-refractivity contribution in [2.75, 3.05) is 26.2 Å². The van der Waals surface area contributed by atoms with E-state index in [1.165, 1.54) is 6.42 Å². The monoisotopic (exact) mass is 348 g/mol. The molecule has 2 rings (SSSR count). The van der Waals surface area contributed by atoms with E-state index >= 15 is 0 Å². The zero-order valence-corrected chi connectivity index (χ0v) is 15.5. The number of phenols is 1. The number of nitrogens with one attached hydrogen (secondary N) is 1. The average molecular weight is 349 g/mol. The predicted molar refractivity (Wildman–Crippen MR) is 98.6 cm³/mol. The van der Waals surface area contributed by atoms with Crippen LogP contribution >= 0.6 is 24.8 Å². The Hall–Kier alpha value is -0.480. The predicted octanol–water partition coefficient (Wildman–Crippen LogP) is 3.93. The summed E-state index contributed by atoms with van der Waals surface area (Å²) in [5, 5.41) is 13.8. The first-order valence-electron chi connectivity index (χ1n) is 7.83. The molecule has 0 amide bonds. The standard InChI is InChI=1S/C17H28N2O.2ClH/c1-13(2)7-8-16(19-11-9-18-10-12-19)15-6-4-5-14(3)17(15)20;;/h4-6,13,16,18,20H,7-12H2,1-3H3;2*1H/t16-;;/m1../s1. The molecule has 1 heterocycles. The van der Waals surface area contributed by atoms with Crippen molar-refractivity contribution >= 4 is 24.8 Å². The molecule has 2 N–H and O–H groups in total. The van der Waals surface area contributed by atoms with E-state index in [2.05, 4.69) is 36.2 Å². The minimum Gasteiger partial charge on any atom is -0.507 e. The zero-order valence-electron chi connectivity index (χ0n) is 13.8. The van der Waals surface area contributed by atoms with Crippen LogP contribution in [0, 0.1) is 12.8 Å². The molecule has 5 heteroatoms. The van der Waals surface area contributed by atoms with Gasteiger partial charge < -0.3 is 10.4 Å². The second-order valence-electron chi connectivity index (χ2n) is 6.29. The Kier molecular flexibility index (Phi) is 10.1. The number of aromatic hydroxyl groups is 1. The number of halogens is 2. The van der Waals surface area contributed by atoms with Gasteiger partial charge >= 0.3 is 0 Å². The molecule has 22 heavy (non-hydrogen) atoms. The minimum absolute atomic E-state index is 0. The molecule has 0 bridgehead atoms. The molecule has 1 aromatic carbocycles. The highest BCUT2D eigenvalue weighted by Crippen LogP contribution is 2.35. The Morgan fingerprint density at radius 3 is 2.36 bits per heavy atom. The fraction of sp³-hybridized carbons (Fsp3) is 0.647. The highest BCUT2D eigenvalue weighted by Gasteiger charge is 2.24. The van der Waals surface area contributed by atoms with E-state index in [-0.39, 0.29) is 24.8 Å². The number of rotatable bonds is 5. The van der Waals surface area contributed by atoms with E-state index in [0.717, 1.165) is 43.7 Å². The fourth-order valence-electron chi connectivity index (χ4n) is 2.97. The first-order chi connectivity index (χ1) is 9.59. The van der Waals surface area contributed by atoms with Crippen LogP contribution < -0.4 is 5.32 Å². The van der Waals surface area contributed by atoms with Crippen molar-refractivity contribution in [1.82, 2.24) is 10.2 Å². The summed E-state index contributed by atoms with van der Waals surface area (Å²) >= 11 is 0. The number of benzene rings is 1. The molecule has 1 aliphatic rings. The van der Waals surface area contributed by atoms with E-state index < -0.39 is 0 Å². The molecular weight excluding hydrogens is 319 g/mol. The van der Waals surface area contributed by atoms with E-state index in [0.29, 0.717) is 17.7 Å². The van der Waals surface area contributed by atoms with E-state index in [1.54, 1.807) is 0 Å².